The number of ether oxygens (including phenoxy) is 1. The lowest BCUT2D eigenvalue weighted by Crippen LogP contribution is -2.43. The number of amides is 2. The zero-order valence-corrected chi connectivity index (χ0v) is 20.2. The molecule has 1 unspecified atom stereocenters. The highest BCUT2D eigenvalue weighted by atomic mass is 32.2. The summed E-state index contributed by atoms with van der Waals surface area (Å²) in [6.45, 7) is 5.76. The molecule has 0 saturated heterocycles. The first-order valence-electron chi connectivity index (χ1n) is 10.00. The molecule has 2 rings (SSSR count). The molecule has 1 heterocycles. The molecule has 0 aliphatic heterocycles. The minimum Gasteiger partial charge on any atom is -0.454 e. The molecular formula is C23H27N3O4S2. The molecule has 1 aromatic heterocycles. The van der Waals surface area contributed by atoms with E-state index in [0.717, 1.165) is 5.56 Å². The fraction of sp³-hybridized carbons (Fsp3) is 0.391. The van der Waals surface area contributed by atoms with Crippen molar-refractivity contribution in [2.75, 3.05) is 23.9 Å². The van der Waals surface area contributed by atoms with Crippen LogP contribution < -0.4 is 10.6 Å². The molecule has 0 radical (unpaired) electrons. The van der Waals surface area contributed by atoms with Crippen LogP contribution in [0.4, 0.5) is 5.00 Å². The van der Waals surface area contributed by atoms with Gasteiger partial charge in [-0.2, -0.15) is 17.0 Å². The number of nitrogens with zero attached hydrogens (tertiary/aromatic N) is 1. The first kappa shape index (κ1) is 25.4. The number of carbonyl (C=O) groups is 3. The van der Waals surface area contributed by atoms with Gasteiger partial charge in [0.05, 0.1) is 5.56 Å². The summed E-state index contributed by atoms with van der Waals surface area (Å²) in [6, 6.07) is 9.95. The van der Waals surface area contributed by atoms with E-state index < -0.39 is 24.5 Å². The number of hydrogen-bond donors (Lipinski definition) is 2. The van der Waals surface area contributed by atoms with Crippen LogP contribution in [0.15, 0.2) is 35.7 Å². The molecule has 7 nitrogen and oxygen atoms in total. The molecule has 2 aromatic rings. The van der Waals surface area contributed by atoms with Gasteiger partial charge in [-0.3, -0.25) is 9.59 Å². The normalized spacial score (nSPS) is 11.8. The predicted octanol–water partition coefficient (Wildman–Crippen LogP) is 3.95. The highest BCUT2D eigenvalue weighted by Gasteiger charge is 2.24. The van der Waals surface area contributed by atoms with E-state index in [1.807, 2.05) is 24.5 Å². The number of nitriles is 1. The second kappa shape index (κ2) is 11.7. The van der Waals surface area contributed by atoms with Crippen molar-refractivity contribution in [2.45, 2.75) is 38.6 Å². The van der Waals surface area contributed by atoms with Gasteiger partial charge in [0.1, 0.15) is 17.1 Å². The van der Waals surface area contributed by atoms with Gasteiger partial charge in [0.2, 0.25) is 0 Å². The summed E-state index contributed by atoms with van der Waals surface area (Å²) in [5.41, 5.74) is 1.86. The van der Waals surface area contributed by atoms with Crippen molar-refractivity contribution in [1.29, 1.82) is 5.26 Å². The van der Waals surface area contributed by atoms with E-state index in [1.165, 1.54) is 23.1 Å². The smallest absolute Gasteiger partial charge is 0.329 e. The Bertz CT molecular complexity index is 988. The SMILES string of the molecule is CSCCC(NC(=O)c1ccc(C(C)(C)C)cc1)C(=O)OCC(=O)Nc1sccc1C#N. The standard InChI is InChI=1S/C23H27N3O4S2/c1-23(2,3)17-7-5-15(6-8-17)20(28)25-18(10-11-31-4)22(29)30-14-19(27)26-21-16(13-24)9-12-32-21/h5-9,12,18H,10-11,14H2,1-4H3,(H,25,28)(H,26,27). The maximum absolute atomic E-state index is 12.7. The summed E-state index contributed by atoms with van der Waals surface area (Å²) < 4.78 is 5.13. The zero-order chi connectivity index (χ0) is 23.7. The summed E-state index contributed by atoms with van der Waals surface area (Å²) >= 11 is 2.75. The fourth-order valence-electron chi connectivity index (χ4n) is 2.74. The fourth-order valence-corrected chi connectivity index (χ4v) is 3.97. The molecule has 0 aliphatic carbocycles. The van der Waals surface area contributed by atoms with E-state index in [9.17, 15) is 14.4 Å². The number of esters is 1. The quantitative estimate of drug-likeness (QED) is 0.534. The molecule has 170 valence electrons. The summed E-state index contributed by atoms with van der Waals surface area (Å²) in [5, 5.41) is 16.4. The molecule has 0 bridgehead atoms. The minimum atomic E-state index is -0.874. The van der Waals surface area contributed by atoms with Crippen molar-refractivity contribution in [1.82, 2.24) is 5.32 Å². The highest BCUT2D eigenvalue weighted by Crippen LogP contribution is 2.23. The van der Waals surface area contributed by atoms with E-state index in [4.69, 9.17) is 10.00 Å². The average Bonchev–Trinajstić information content (AvgIpc) is 3.21. The monoisotopic (exact) mass is 473 g/mol. The summed E-state index contributed by atoms with van der Waals surface area (Å²) in [7, 11) is 0. The predicted molar refractivity (Wildman–Crippen MR) is 128 cm³/mol. The number of thioether (sulfide) groups is 1. The number of benzene rings is 1. The Morgan fingerprint density at radius 3 is 2.47 bits per heavy atom. The topological polar surface area (TPSA) is 108 Å². The highest BCUT2D eigenvalue weighted by molar-refractivity contribution is 7.98. The van der Waals surface area contributed by atoms with E-state index in [1.54, 1.807) is 23.6 Å². The van der Waals surface area contributed by atoms with Crippen molar-refractivity contribution in [3.8, 4) is 6.07 Å². The van der Waals surface area contributed by atoms with Gasteiger partial charge < -0.3 is 15.4 Å². The van der Waals surface area contributed by atoms with Crippen LogP contribution in [0.5, 0.6) is 0 Å². The van der Waals surface area contributed by atoms with Gasteiger partial charge in [-0.25, -0.2) is 4.79 Å². The lowest BCUT2D eigenvalue weighted by atomic mass is 9.86. The van der Waals surface area contributed by atoms with E-state index in [2.05, 4.69) is 31.4 Å². The number of thiophene rings is 1. The molecule has 0 saturated carbocycles. The molecule has 2 N–H and O–H groups in total. The Morgan fingerprint density at radius 1 is 1.19 bits per heavy atom. The maximum atomic E-state index is 12.7. The zero-order valence-electron chi connectivity index (χ0n) is 18.6. The van der Waals surface area contributed by atoms with Crippen LogP contribution in [0, 0.1) is 11.3 Å². The molecule has 1 atom stereocenters. The molecule has 9 heteroatoms. The number of anilines is 1. The summed E-state index contributed by atoms with van der Waals surface area (Å²) in [4.78, 5) is 37.3. The Labute approximate surface area is 196 Å². The molecule has 0 aliphatic rings. The number of nitrogens with one attached hydrogen (secondary N) is 2. The van der Waals surface area contributed by atoms with Gasteiger partial charge in [-0.05, 0) is 53.0 Å². The first-order chi connectivity index (χ1) is 15.2. The van der Waals surface area contributed by atoms with Crippen molar-refractivity contribution in [3.63, 3.8) is 0 Å². The summed E-state index contributed by atoms with van der Waals surface area (Å²) in [6.07, 6.45) is 2.27. The van der Waals surface area contributed by atoms with Gasteiger partial charge in [-0.15, -0.1) is 11.3 Å². The van der Waals surface area contributed by atoms with E-state index >= 15 is 0 Å². The molecule has 1 aromatic carbocycles. The van der Waals surface area contributed by atoms with Gasteiger partial charge in [0, 0.05) is 5.56 Å². The lowest BCUT2D eigenvalue weighted by Gasteiger charge is -2.20. The van der Waals surface area contributed by atoms with Crippen LogP contribution in [-0.4, -0.2) is 42.4 Å². The number of carbonyl (C=O) groups excluding carboxylic acids is 3. The Morgan fingerprint density at radius 2 is 1.88 bits per heavy atom. The van der Waals surface area contributed by atoms with Gasteiger partial charge in [0.25, 0.3) is 11.8 Å². The third-order valence-electron chi connectivity index (χ3n) is 4.60. The van der Waals surface area contributed by atoms with Gasteiger partial charge >= 0.3 is 5.97 Å². The van der Waals surface area contributed by atoms with Crippen LogP contribution in [0.3, 0.4) is 0 Å². The van der Waals surface area contributed by atoms with Crippen LogP contribution in [0.25, 0.3) is 0 Å². The minimum absolute atomic E-state index is 0.0304. The Hall–Kier alpha value is -2.83. The van der Waals surface area contributed by atoms with Crippen LogP contribution in [-0.2, 0) is 19.7 Å². The molecule has 0 fully saturated rings. The van der Waals surface area contributed by atoms with Crippen molar-refractivity contribution in [2.24, 2.45) is 0 Å². The van der Waals surface area contributed by atoms with Gasteiger partial charge in [-0.1, -0.05) is 32.9 Å². The Balaban J connectivity index is 1.97. The average molecular weight is 474 g/mol. The molecular weight excluding hydrogens is 446 g/mol. The van der Waals surface area contributed by atoms with Crippen LogP contribution in [0.1, 0.15) is 48.7 Å². The first-order valence-corrected chi connectivity index (χ1v) is 12.3. The molecule has 0 spiro atoms. The lowest BCUT2D eigenvalue weighted by molar-refractivity contribution is -0.149. The van der Waals surface area contributed by atoms with E-state index in [0.29, 0.717) is 28.3 Å². The number of rotatable bonds is 9. The van der Waals surface area contributed by atoms with Crippen molar-refractivity contribution < 1.29 is 19.1 Å². The van der Waals surface area contributed by atoms with Crippen LogP contribution in [0.2, 0.25) is 0 Å². The van der Waals surface area contributed by atoms with E-state index in [-0.39, 0.29) is 11.3 Å². The third-order valence-corrected chi connectivity index (χ3v) is 6.07. The maximum Gasteiger partial charge on any atom is 0.329 e. The third kappa shape index (κ3) is 7.39. The Kier molecular flexibility index (Phi) is 9.29. The van der Waals surface area contributed by atoms with Crippen molar-refractivity contribution >= 4 is 45.9 Å². The second-order valence-electron chi connectivity index (χ2n) is 8.07. The number of hydrogen-bond acceptors (Lipinski definition) is 7. The van der Waals surface area contributed by atoms with Gasteiger partial charge in [0.15, 0.2) is 6.61 Å². The molecule has 2 amide bonds. The van der Waals surface area contributed by atoms with Crippen LogP contribution >= 0.6 is 23.1 Å². The largest absolute Gasteiger partial charge is 0.454 e. The summed E-state index contributed by atoms with van der Waals surface area (Å²) in [5.74, 6) is -0.976. The molecule has 32 heavy (non-hydrogen) atoms. The van der Waals surface area contributed by atoms with Crippen molar-refractivity contribution in [3.05, 3.63) is 52.4 Å². The second-order valence-corrected chi connectivity index (χ2v) is 9.97.